The fraction of sp³-hybridized carbons (Fsp3) is 0.900. The van der Waals surface area contributed by atoms with Crippen molar-refractivity contribution in [2.75, 3.05) is 13.1 Å². The predicted molar refractivity (Wildman–Crippen MR) is 50.4 cm³/mol. The van der Waals surface area contributed by atoms with Gasteiger partial charge in [-0.05, 0) is 18.3 Å². The summed E-state index contributed by atoms with van der Waals surface area (Å²) in [5.41, 5.74) is 0.469. The molecule has 68 valence electrons. The van der Waals surface area contributed by atoms with Crippen molar-refractivity contribution >= 4 is 0 Å². The molecule has 0 heterocycles. The zero-order valence-electron chi connectivity index (χ0n) is 8.54. The molecule has 0 rings (SSSR count). The second kappa shape index (κ2) is 4.76. The Morgan fingerprint density at radius 3 is 2.09 bits per heavy atom. The molecule has 0 fully saturated rings. The van der Waals surface area contributed by atoms with Crippen LogP contribution in [0.5, 0.6) is 0 Å². The van der Waals surface area contributed by atoms with E-state index in [9.17, 15) is 0 Å². The number of rotatable bonds is 4. The highest BCUT2D eigenvalue weighted by molar-refractivity contribution is 4.59. The largest absolute Gasteiger partial charge is 0.468 e. The number of quaternary nitrogens is 1. The van der Waals surface area contributed by atoms with Gasteiger partial charge in [0.25, 0.3) is 0 Å². The maximum absolute atomic E-state index is 4.05. The van der Waals surface area contributed by atoms with Crippen molar-refractivity contribution in [2.45, 2.75) is 40.5 Å². The Labute approximate surface area is 71.8 Å². The van der Waals surface area contributed by atoms with Crippen LogP contribution in [0.4, 0.5) is 0 Å². The topological polar surface area (TPSA) is 4.44 Å². The summed E-state index contributed by atoms with van der Waals surface area (Å²) in [4.78, 5) is 1.42. The molecule has 1 unspecified atom stereocenters. The third-order valence-corrected chi connectivity index (χ3v) is 1.83. The van der Waals surface area contributed by atoms with Crippen LogP contribution in [0.15, 0.2) is 0 Å². The van der Waals surface area contributed by atoms with Gasteiger partial charge in [-0.3, -0.25) is 0 Å². The van der Waals surface area contributed by atoms with Gasteiger partial charge in [0.05, 0.1) is 13.1 Å². The molecule has 0 spiro atoms. The Hall–Kier alpha value is -0.0400. The van der Waals surface area contributed by atoms with Crippen molar-refractivity contribution in [1.82, 2.24) is 0 Å². The normalized spacial score (nSPS) is 15.0. The maximum atomic E-state index is 4.05. The first-order valence-corrected chi connectivity index (χ1v) is 4.62. The van der Waals surface area contributed by atoms with Crippen LogP contribution >= 0.6 is 0 Å². The highest BCUT2D eigenvalue weighted by atomic mass is 15.1. The van der Waals surface area contributed by atoms with Gasteiger partial charge in [-0.2, -0.15) is 7.05 Å². The van der Waals surface area contributed by atoms with E-state index in [4.69, 9.17) is 0 Å². The summed E-state index contributed by atoms with van der Waals surface area (Å²) in [7, 11) is 4.05. The maximum Gasteiger partial charge on any atom is 0.0535 e. The molecule has 0 bridgehead atoms. The summed E-state index contributed by atoms with van der Waals surface area (Å²) < 4.78 is 0. The van der Waals surface area contributed by atoms with Crippen molar-refractivity contribution < 1.29 is 4.90 Å². The Balaban J connectivity index is 3.38. The van der Waals surface area contributed by atoms with Crippen molar-refractivity contribution in [3.63, 3.8) is 0 Å². The molecule has 0 aliphatic rings. The molecule has 0 aromatic heterocycles. The van der Waals surface area contributed by atoms with Crippen molar-refractivity contribution in [3.05, 3.63) is 7.05 Å². The lowest BCUT2D eigenvalue weighted by atomic mass is 9.92. The predicted octanol–water partition coefficient (Wildman–Crippen LogP) is 1.51. The van der Waals surface area contributed by atoms with E-state index in [1.165, 1.54) is 30.8 Å². The molecular weight excluding hydrogens is 134 g/mol. The minimum Gasteiger partial charge on any atom is -0.468 e. The number of hydrogen-bond acceptors (Lipinski definition) is 0. The summed E-state index contributed by atoms with van der Waals surface area (Å²) >= 11 is 0. The van der Waals surface area contributed by atoms with Crippen LogP contribution in [0.1, 0.15) is 40.5 Å². The summed E-state index contributed by atoms with van der Waals surface area (Å²) in [6.07, 6.45) is 2.51. The minimum absolute atomic E-state index is 0.469. The molecule has 0 aliphatic carbocycles. The molecule has 1 atom stereocenters. The van der Waals surface area contributed by atoms with Crippen LogP contribution in [-0.2, 0) is 0 Å². The summed E-state index contributed by atoms with van der Waals surface area (Å²) in [6.45, 7) is 11.5. The SMILES string of the molecule is [CH2-][NH+](CCC)CCC(C)(C)C. The van der Waals surface area contributed by atoms with Crippen LogP contribution in [0.25, 0.3) is 0 Å². The summed E-state index contributed by atoms with van der Waals surface area (Å²) in [6, 6.07) is 0. The second-order valence-electron chi connectivity index (χ2n) is 4.56. The van der Waals surface area contributed by atoms with E-state index in [2.05, 4.69) is 34.7 Å². The van der Waals surface area contributed by atoms with Gasteiger partial charge >= 0.3 is 0 Å². The monoisotopic (exact) mass is 157 g/mol. The van der Waals surface area contributed by atoms with Crippen molar-refractivity contribution in [3.8, 4) is 0 Å². The Kier molecular flexibility index (Phi) is 4.74. The number of hydrogen-bond donors (Lipinski definition) is 1. The third kappa shape index (κ3) is 7.86. The van der Waals surface area contributed by atoms with E-state index in [-0.39, 0.29) is 0 Å². The van der Waals surface area contributed by atoms with Gasteiger partial charge in [-0.25, -0.2) is 0 Å². The Bertz CT molecular complexity index is 91.5. The van der Waals surface area contributed by atoms with Gasteiger partial charge in [0, 0.05) is 0 Å². The van der Waals surface area contributed by atoms with E-state index in [0.29, 0.717) is 5.41 Å². The highest BCUT2D eigenvalue weighted by Gasteiger charge is 2.10. The van der Waals surface area contributed by atoms with Gasteiger partial charge < -0.3 is 4.90 Å². The van der Waals surface area contributed by atoms with E-state index in [1.54, 1.807) is 0 Å². The van der Waals surface area contributed by atoms with Crippen LogP contribution < -0.4 is 4.90 Å². The fourth-order valence-corrected chi connectivity index (χ4v) is 1.03. The third-order valence-electron chi connectivity index (χ3n) is 1.83. The molecule has 1 nitrogen and oxygen atoms in total. The standard InChI is InChI=1S/C10H23N/c1-6-8-11(5)9-7-10(2,3)4/h11H,5-9H2,1-4H3. The zero-order valence-corrected chi connectivity index (χ0v) is 8.54. The fourth-order valence-electron chi connectivity index (χ4n) is 1.03. The van der Waals surface area contributed by atoms with Crippen LogP contribution in [0.3, 0.4) is 0 Å². The quantitative estimate of drug-likeness (QED) is 0.590. The van der Waals surface area contributed by atoms with Crippen LogP contribution in [0, 0.1) is 12.5 Å². The highest BCUT2D eigenvalue weighted by Crippen LogP contribution is 2.16. The first-order valence-electron chi connectivity index (χ1n) is 4.62. The second-order valence-corrected chi connectivity index (χ2v) is 4.56. The van der Waals surface area contributed by atoms with Crippen LogP contribution in [0.2, 0.25) is 0 Å². The zero-order chi connectivity index (χ0) is 8.91. The first-order chi connectivity index (χ1) is 4.95. The molecule has 0 radical (unpaired) electrons. The van der Waals surface area contributed by atoms with E-state index >= 15 is 0 Å². The van der Waals surface area contributed by atoms with E-state index in [0.717, 1.165) is 0 Å². The molecule has 0 aliphatic heterocycles. The van der Waals surface area contributed by atoms with Gasteiger partial charge in [0.2, 0.25) is 0 Å². The smallest absolute Gasteiger partial charge is 0.0535 e. The lowest BCUT2D eigenvalue weighted by Crippen LogP contribution is -3.06. The van der Waals surface area contributed by atoms with Gasteiger partial charge in [-0.1, -0.05) is 27.7 Å². The molecule has 1 heteroatoms. The van der Waals surface area contributed by atoms with Gasteiger partial charge in [0.1, 0.15) is 0 Å². The molecule has 0 saturated carbocycles. The molecule has 0 saturated heterocycles. The molecule has 0 amide bonds. The molecule has 0 aromatic carbocycles. The van der Waals surface area contributed by atoms with Crippen molar-refractivity contribution in [1.29, 1.82) is 0 Å². The molecule has 1 N–H and O–H groups in total. The lowest BCUT2D eigenvalue weighted by Gasteiger charge is -2.25. The summed E-state index contributed by atoms with van der Waals surface area (Å²) in [5, 5.41) is 0. The van der Waals surface area contributed by atoms with Crippen molar-refractivity contribution in [2.24, 2.45) is 5.41 Å². The lowest BCUT2D eigenvalue weighted by molar-refractivity contribution is -0.854. The van der Waals surface area contributed by atoms with E-state index < -0.39 is 0 Å². The molecule has 0 aromatic rings. The molecule has 11 heavy (non-hydrogen) atoms. The Morgan fingerprint density at radius 1 is 1.18 bits per heavy atom. The summed E-state index contributed by atoms with van der Waals surface area (Å²) in [5.74, 6) is 0. The average Bonchev–Trinajstić information content (AvgIpc) is 1.83. The van der Waals surface area contributed by atoms with E-state index in [1.807, 2.05) is 0 Å². The van der Waals surface area contributed by atoms with Gasteiger partial charge in [-0.15, -0.1) is 0 Å². The van der Waals surface area contributed by atoms with Crippen LogP contribution in [-0.4, -0.2) is 13.1 Å². The van der Waals surface area contributed by atoms with Gasteiger partial charge in [0.15, 0.2) is 0 Å². The average molecular weight is 157 g/mol. The minimum atomic E-state index is 0.469. The molecular formula is C10H23N. The first kappa shape index (κ1) is 11.0. The Morgan fingerprint density at radius 2 is 1.73 bits per heavy atom. The number of nitrogens with one attached hydrogen (secondary N) is 1.